The van der Waals surface area contributed by atoms with Gasteiger partial charge in [-0.1, -0.05) is 17.7 Å². The van der Waals surface area contributed by atoms with Crippen LogP contribution in [0.1, 0.15) is 29.3 Å². The summed E-state index contributed by atoms with van der Waals surface area (Å²) in [5.41, 5.74) is 5.12. The van der Waals surface area contributed by atoms with Crippen molar-refractivity contribution in [3.63, 3.8) is 0 Å². The Balaban J connectivity index is 1.50. The zero-order valence-corrected chi connectivity index (χ0v) is 22.6. The van der Waals surface area contributed by atoms with Gasteiger partial charge in [-0.3, -0.25) is 5.32 Å². The minimum absolute atomic E-state index is 0.183. The molecule has 2 aromatic carbocycles. The van der Waals surface area contributed by atoms with Crippen molar-refractivity contribution < 1.29 is 17.9 Å². The molecule has 1 atom stereocenters. The van der Waals surface area contributed by atoms with Crippen LogP contribution in [0.4, 0.5) is 0 Å². The van der Waals surface area contributed by atoms with Crippen LogP contribution in [0.5, 0.6) is 11.5 Å². The summed E-state index contributed by atoms with van der Waals surface area (Å²) in [7, 11) is 1.51. The molecule has 0 bridgehead atoms. The summed E-state index contributed by atoms with van der Waals surface area (Å²) in [5, 5.41) is 4.27. The Bertz CT molecular complexity index is 1770. The van der Waals surface area contributed by atoms with E-state index in [0.29, 0.717) is 27.6 Å². The Labute approximate surface area is 221 Å². The number of nitrogens with one attached hydrogen (secondary N) is 2. The zero-order valence-electron chi connectivity index (χ0n) is 21.8. The first kappa shape index (κ1) is 24.5. The molecule has 5 aromatic rings. The monoisotopic (exact) mass is 530 g/mol. The molecular formula is C29H30N4O4S. The van der Waals surface area contributed by atoms with Crippen molar-refractivity contribution in [3.05, 3.63) is 72.1 Å². The second-order valence-electron chi connectivity index (χ2n) is 9.90. The molecular weight excluding hydrogens is 500 g/mol. The van der Waals surface area contributed by atoms with Crippen LogP contribution < -0.4 is 14.8 Å². The normalized spacial score (nSPS) is 14.7. The first-order valence-corrected chi connectivity index (χ1v) is 14.1. The third-order valence-corrected chi connectivity index (χ3v) is 9.20. The quantitative estimate of drug-likeness (QED) is 0.284. The lowest BCUT2D eigenvalue weighted by Crippen LogP contribution is -2.30. The molecule has 9 heteroatoms. The summed E-state index contributed by atoms with van der Waals surface area (Å²) in [6, 6.07) is 14.9. The Morgan fingerprint density at radius 2 is 1.74 bits per heavy atom. The lowest BCUT2D eigenvalue weighted by molar-refractivity contribution is 0.355. The molecule has 0 amide bonds. The van der Waals surface area contributed by atoms with Crippen LogP contribution in [0.3, 0.4) is 0 Å². The van der Waals surface area contributed by atoms with Crippen LogP contribution in [0.2, 0.25) is 0 Å². The summed E-state index contributed by atoms with van der Waals surface area (Å²) in [6.45, 7) is 1.95. The number of sulfone groups is 1. The van der Waals surface area contributed by atoms with E-state index in [1.54, 1.807) is 32.5 Å². The van der Waals surface area contributed by atoms with Crippen molar-refractivity contribution in [1.82, 2.24) is 19.9 Å². The molecule has 38 heavy (non-hydrogen) atoms. The van der Waals surface area contributed by atoms with Gasteiger partial charge in [-0.15, -0.1) is 0 Å². The number of aromatic nitrogens is 3. The molecule has 1 saturated carbocycles. The van der Waals surface area contributed by atoms with E-state index in [9.17, 15) is 8.42 Å². The standard InChI is InChI=1S/C29H30N4O4S/c1-17-5-9-19(10-6-17)38(34,35)29(31-18-7-8-18)20-11-12-30-28-22(20)13-24(32-28)23-16-33(2)25-15-27(37-4)26(36-3)14-21(23)25/h5-6,9-16,18,29,31H,7-8H2,1-4H3,(H,30,32). The fourth-order valence-corrected chi connectivity index (χ4v) is 6.72. The highest BCUT2D eigenvalue weighted by Gasteiger charge is 2.36. The minimum atomic E-state index is -3.71. The summed E-state index contributed by atoms with van der Waals surface area (Å²) >= 11 is 0. The van der Waals surface area contributed by atoms with Gasteiger partial charge in [-0.2, -0.15) is 0 Å². The van der Waals surface area contributed by atoms with Crippen molar-refractivity contribution >= 4 is 31.8 Å². The van der Waals surface area contributed by atoms with Crippen molar-refractivity contribution in [2.24, 2.45) is 7.05 Å². The molecule has 0 radical (unpaired) electrons. The van der Waals surface area contributed by atoms with Crippen molar-refractivity contribution in [2.45, 2.75) is 36.1 Å². The Morgan fingerprint density at radius 3 is 2.42 bits per heavy atom. The van der Waals surface area contributed by atoms with Crippen LogP contribution in [-0.4, -0.2) is 43.2 Å². The summed E-state index contributed by atoms with van der Waals surface area (Å²) < 4.78 is 40.9. The summed E-state index contributed by atoms with van der Waals surface area (Å²) in [5.74, 6) is 1.30. The molecule has 1 unspecified atom stereocenters. The van der Waals surface area contributed by atoms with E-state index in [4.69, 9.17) is 9.47 Å². The van der Waals surface area contributed by atoms with E-state index in [1.807, 2.05) is 61.1 Å². The SMILES string of the molecule is COc1cc2c(-c3cc4c(C(NC5CC5)S(=O)(=O)c5ccc(C)cc5)ccnc4[nH]3)cn(C)c2cc1OC. The smallest absolute Gasteiger partial charge is 0.198 e. The van der Waals surface area contributed by atoms with Gasteiger partial charge in [0.25, 0.3) is 0 Å². The van der Waals surface area contributed by atoms with Crippen LogP contribution in [0, 0.1) is 6.92 Å². The van der Waals surface area contributed by atoms with E-state index < -0.39 is 15.2 Å². The van der Waals surface area contributed by atoms with Gasteiger partial charge in [0.15, 0.2) is 21.3 Å². The average molecular weight is 531 g/mol. The number of rotatable bonds is 8. The van der Waals surface area contributed by atoms with E-state index >= 15 is 0 Å². The predicted octanol–water partition coefficient (Wildman–Crippen LogP) is 5.27. The number of hydrogen-bond acceptors (Lipinski definition) is 6. The van der Waals surface area contributed by atoms with E-state index in [-0.39, 0.29) is 6.04 Å². The highest BCUT2D eigenvalue weighted by atomic mass is 32.2. The fraction of sp³-hybridized carbons (Fsp3) is 0.276. The average Bonchev–Trinajstić information content (AvgIpc) is 3.54. The number of methoxy groups -OCH3 is 2. The fourth-order valence-electron chi connectivity index (χ4n) is 5.02. The number of aromatic amines is 1. The largest absolute Gasteiger partial charge is 0.493 e. The highest BCUT2D eigenvalue weighted by Crippen LogP contribution is 2.40. The number of fused-ring (bicyclic) bond motifs is 2. The minimum Gasteiger partial charge on any atom is -0.493 e. The molecule has 1 aliphatic carbocycles. The van der Waals surface area contributed by atoms with Crippen molar-refractivity contribution in [3.8, 4) is 22.8 Å². The number of pyridine rings is 1. The van der Waals surface area contributed by atoms with Crippen LogP contribution >= 0.6 is 0 Å². The number of aryl methyl sites for hydroxylation is 2. The lowest BCUT2D eigenvalue weighted by atomic mass is 10.1. The van der Waals surface area contributed by atoms with Crippen LogP contribution in [0.25, 0.3) is 33.2 Å². The maximum Gasteiger partial charge on any atom is 0.198 e. The van der Waals surface area contributed by atoms with Gasteiger partial charge in [0.2, 0.25) is 0 Å². The maximum atomic E-state index is 13.9. The molecule has 1 aliphatic rings. The molecule has 0 aliphatic heterocycles. The molecule has 3 heterocycles. The van der Waals surface area contributed by atoms with Gasteiger partial charge in [0.05, 0.1) is 24.6 Å². The third-order valence-electron chi connectivity index (χ3n) is 7.26. The molecule has 196 valence electrons. The van der Waals surface area contributed by atoms with E-state index in [1.165, 1.54) is 0 Å². The Kier molecular flexibility index (Phi) is 5.92. The maximum absolute atomic E-state index is 13.9. The predicted molar refractivity (Wildman–Crippen MR) is 148 cm³/mol. The van der Waals surface area contributed by atoms with Crippen LogP contribution in [-0.2, 0) is 16.9 Å². The third kappa shape index (κ3) is 4.12. The Hall–Kier alpha value is -3.82. The Morgan fingerprint density at radius 1 is 1.03 bits per heavy atom. The molecule has 6 rings (SSSR count). The number of nitrogens with zero attached hydrogens (tertiary/aromatic N) is 2. The number of H-pyrrole nitrogens is 1. The molecule has 8 nitrogen and oxygen atoms in total. The lowest BCUT2D eigenvalue weighted by Gasteiger charge is -2.20. The zero-order chi connectivity index (χ0) is 26.6. The number of hydrogen-bond donors (Lipinski definition) is 2. The van der Waals surface area contributed by atoms with Gasteiger partial charge in [-0.25, -0.2) is 13.4 Å². The van der Waals surface area contributed by atoms with Gasteiger partial charge in [0.1, 0.15) is 11.0 Å². The molecule has 0 spiro atoms. The van der Waals surface area contributed by atoms with Crippen molar-refractivity contribution in [1.29, 1.82) is 0 Å². The highest BCUT2D eigenvalue weighted by molar-refractivity contribution is 7.91. The first-order chi connectivity index (χ1) is 18.3. The van der Waals surface area contributed by atoms with E-state index in [0.717, 1.165) is 46.0 Å². The van der Waals surface area contributed by atoms with Gasteiger partial charge >= 0.3 is 0 Å². The summed E-state index contributed by atoms with van der Waals surface area (Å²) in [4.78, 5) is 8.28. The topological polar surface area (TPSA) is 98.2 Å². The second kappa shape index (κ2) is 9.18. The van der Waals surface area contributed by atoms with Crippen molar-refractivity contribution in [2.75, 3.05) is 14.2 Å². The van der Waals surface area contributed by atoms with Gasteiger partial charge in [-0.05, 0) is 55.7 Å². The number of benzene rings is 2. The van der Waals surface area contributed by atoms with E-state index in [2.05, 4.69) is 15.3 Å². The first-order valence-electron chi connectivity index (χ1n) is 12.6. The molecule has 2 N–H and O–H groups in total. The van der Waals surface area contributed by atoms with Gasteiger partial charge < -0.3 is 19.0 Å². The molecule has 3 aromatic heterocycles. The number of ether oxygens (including phenoxy) is 2. The van der Waals surface area contributed by atoms with Gasteiger partial charge in [0, 0.05) is 53.6 Å². The second-order valence-corrected chi connectivity index (χ2v) is 11.9. The molecule has 1 fully saturated rings. The summed E-state index contributed by atoms with van der Waals surface area (Å²) in [6.07, 6.45) is 5.64. The molecule has 0 saturated heterocycles. The van der Waals surface area contributed by atoms with Crippen LogP contribution in [0.15, 0.2) is 65.8 Å².